The molecule has 5 nitrogen and oxygen atoms in total. The zero-order chi connectivity index (χ0) is 15.8. The van der Waals surface area contributed by atoms with Gasteiger partial charge in [-0.05, 0) is 12.5 Å². The summed E-state index contributed by atoms with van der Waals surface area (Å²) in [6, 6.07) is 3.58. The Balaban J connectivity index is 2.84. The molecule has 5 heteroatoms. The molecule has 0 aliphatic heterocycles. The number of methoxy groups -OCH3 is 3. The molecule has 0 spiro atoms. The molecule has 118 valence electrons. The Bertz CT molecular complexity index is 474. The molecule has 1 atom stereocenters. The molecule has 0 saturated heterocycles. The second kappa shape index (κ2) is 8.39. The smallest absolute Gasteiger partial charge is 0.223 e. The minimum atomic E-state index is 0.0149. The average Bonchev–Trinajstić information content (AvgIpc) is 2.51. The minimum Gasteiger partial charge on any atom is -0.496 e. The molecule has 1 amide bonds. The predicted molar refractivity (Wildman–Crippen MR) is 82.0 cm³/mol. The molecule has 1 N–H and O–H groups in total. The van der Waals surface area contributed by atoms with E-state index in [9.17, 15) is 4.79 Å². The van der Waals surface area contributed by atoms with E-state index >= 15 is 0 Å². The summed E-state index contributed by atoms with van der Waals surface area (Å²) < 4.78 is 15.9. The maximum Gasteiger partial charge on any atom is 0.223 e. The van der Waals surface area contributed by atoms with E-state index in [2.05, 4.69) is 12.2 Å². The lowest BCUT2D eigenvalue weighted by Gasteiger charge is -2.16. The summed E-state index contributed by atoms with van der Waals surface area (Å²) in [6.45, 7) is 4.40. The topological polar surface area (TPSA) is 56.8 Å². The molecule has 21 heavy (non-hydrogen) atoms. The Morgan fingerprint density at radius 2 is 1.67 bits per heavy atom. The van der Waals surface area contributed by atoms with Gasteiger partial charge in [0.05, 0.1) is 21.3 Å². The summed E-state index contributed by atoms with van der Waals surface area (Å²) in [4.78, 5) is 12.0. The van der Waals surface area contributed by atoms with Crippen LogP contribution in [0.4, 0.5) is 0 Å². The molecule has 1 aromatic carbocycles. The van der Waals surface area contributed by atoms with Gasteiger partial charge in [0.25, 0.3) is 0 Å². The summed E-state index contributed by atoms with van der Waals surface area (Å²) in [7, 11) is 4.74. The lowest BCUT2D eigenvalue weighted by Crippen LogP contribution is -2.28. The van der Waals surface area contributed by atoms with Crippen molar-refractivity contribution in [3.63, 3.8) is 0 Å². The number of amides is 1. The van der Waals surface area contributed by atoms with Crippen LogP contribution in [0.2, 0.25) is 0 Å². The van der Waals surface area contributed by atoms with Gasteiger partial charge in [-0.15, -0.1) is 0 Å². The van der Waals surface area contributed by atoms with Crippen molar-refractivity contribution in [2.75, 3.05) is 21.3 Å². The van der Waals surface area contributed by atoms with E-state index in [0.29, 0.717) is 23.8 Å². The summed E-state index contributed by atoms with van der Waals surface area (Å²) in [6.07, 6.45) is 1.88. The normalized spacial score (nSPS) is 11.7. The highest BCUT2D eigenvalue weighted by Gasteiger charge is 2.15. The fourth-order valence-corrected chi connectivity index (χ4v) is 2.15. The van der Waals surface area contributed by atoms with E-state index in [4.69, 9.17) is 14.2 Å². The third-order valence-corrected chi connectivity index (χ3v) is 3.41. The lowest BCUT2D eigenvalue weighted by molar-refractivity contribution is -0.124. The number of rotatable bonds is 8. The summed E-state index contributed by atoms with van der Waals surface area (Å²) in [5.41, 5.74) is 0.854. The van der Waals surface area contributed by atoms with Gasteiger partial charge in [-0.25, -0.2) is 0 Å². The van der Waals surface area contributed by atoms with Gasteiger partial charge in [0.15, 0.2) is 11.5 Å². The first-order valence-electron chi connectivity index (χ1n) is 7.13. The Kier molecular flexibility index (Phi) is 6.85. The number of carbonyl (C=O) groups excluding carboxylic acids is 1. The van der Waals surface area contributed by atoms with Crippen LogP contribution >= 0.6 is 0 Å². The molecule has 1 aromatic rings. The van der Waals surface area contributed by atoms with Crippen LogP contribution in [0.25, 0.3) is 0 Å². The van der Waals surface area contributed by atoms with Crippen LogP contribution in [-0.2, 0) is 11.3 Å². The fraction of sp³-hybridized carbons (Fsp3) is 0.562. The number of benzene rings is 1. The molecule has 0 aromatic heterocycles. The highest BCUT2D eigenvalue weighted by Crippen LogP contribution is 2.34. The van der Waals surface area contributed by atoms with Crippen LogP contribution in [-0.4, -0.2) is 27.2 Å². The molecule has 0 heterocycles. The van der Waals surface area contributed by atoms with Crippen molar-refractivity contribution in [2.24, 2.45) is 5.92 Å². The molecule has 1 unspecified atom stereocenters. The van der Waals surface area contributed by atoms with Gasteiger partial charge in [-0.3, -0.25) is 4.79 Å². The molecule has 0 radical (unpaired) electrons. The van der Waals surface area contributed by atoms with Crippen LogP contribution in [0.3, 0.4) is 0 Å². The number of carbonyl (C=O) groups is 1. The quantitative estimate of drug-likeness (QED) is 0.801. The van der Waals surface area contributed by atoms with Crippen LogP contribution in [0.5, 0.6) is 17.2 Å². The van der Waals surface area contributed by atoms with E-state index in [1.54, 1.807) is 27.4 Å². The second-order valence-corrected chi connectivity index (χ2v) is 4.93. The molecule has 0 aliphatic carbocycles. The third kappa shape index (κ3) is 4.55. The number of nitrogens with one attached hydrogen (secondary N) is 1. The van der Waals surface area contributed by atoms with Gasteiger partial charge < -0.3 is 19.5 Å². The first-order valence-corrected chi connectivity index (χ1v) is 7.13. The van der Waals surface area contributed by atoms with Crippen molar-refractivity contribution in [3.05, 3.63) is 17.7 Å². The van der Waals surface area contributed by atoms with Gasteiger partial charge in [0, 0.05) is 24.1 Å². The number of hydrogen-bond acceptors (Lipinski definition) is 4. The van der Waals surface area contributed by atoms with Crippen molar-refractivity contribution in [1.29, 1.82) is 0 Å². The van der Waals surface area contributed by atoms with Gasteiger partial charge >= 0.3 is 0 Å². The molecule has 0 bridgehead atoms. The van der Waals surface area contributed by atoms with Crippen LogP contribution in [0.1, 0.15) is 32.3 Å². The van der Waals surface area contributed by atoms with Crippen molar-refractivity contribution >= 4 is 5.91 Å². The first-order chi connectivity index (χ1) is 10.1. The fourth-order valence-electron chi connectivity index (χ4n) is 2.15. The Morgan fingerprint density at radius 1 is 1.10 bits per heavy atom. The summed E-state index contributed by atoms with van der Waals surface area (Å²) in [5.74, 6) is 1.94. The van der Waals surface area contributed by atoms with Crippen LogP contribution < -0.4 is 19.5 Å². The van der Waals surface area contributed by atoms with Crippen molar-refractivity contribution in [2.45, 2.75) is 33.2 Å². The van der Waals surface area contributed by atoms with E-state index in [1.807, 2.05) is 13.0 Å². The van der Waals surface area contributed by atoms with Crippen molar-refractivity contribution < 1.29 is 19.0 Å². The maximum absolute atomic E-state index is 12.0. The van der Waals surface area contributed by atoms with Crippen LogP contribution in [0, 0.1) is 5.92 Å². The van der Waals surface area contributed by atoms with E-state index in [1.165, 1.54) is 0 Å². The lowest BCUT2D eigenvalue weighted by atomic mass is 10.1. The molecular weight excluding hydrogens is 270 g/mol. The number of hydrogen-bond donors (Lipinski definition) is 1. The van der Waals surface area contributed by atoms with E-state index in [-0.39, 0.29) is 11.8 Å². The zero-order valence-corrected chi connectivity index (χ0v) is 13.5. The minimum absolute atomic E-state index is 0.0149. The number of ether oxygens (including phenoxy) is 3. The van der Waals surface area contributed by atoms with Crippen molar-refractivity contribution in [1.82, 2.24) is 5.32 Å². The zero-order valence-electron chi connectivity index (χ0n) is 13.5. The second-order valence-electron chi connectivity index (χ2n) is 4.93. The van der Waals surface area contributed by atoms with Gasteiger partial charge in [0.1, 0.15) is 5.75 Å². The first kappa shape index (κ1) is 17.1. The molecule has 1 rings (SSSR count). The third-order valence-electron chi connectivity index (χ3n) is 3.41. The summed E-state index contributed by atoms with van der Waals surface area (Å²) >= 11 is 0. The average molecular weight is 295 g/mol. The maximum atomic E-state index is 12.0. The highest BCUT2D eigenvalue weighted by molar-refractivity contribution is 5.78. The SMILES string of the molecule is CCCC(C)C(=O)NCc1cc(OC)c(OC)cc1OC. The van der Waals surface area contributed by atoms with Gasteiger partial charge in [-0.2, -0.15) is 0 Å². The monoisotopic (exact) mass is 295 g/mol. The van der Waals surface area contributed by atoms with Gasteiger partial charge in [0.2, 0.25) is 5.91 Å². The Labute approximate surface area is 126 Å². The highest BCUT2D eigenvalue weighted by atomic mass is 16.5. The Hall–Kier alpha value is -1.91. The Morgan fingerprint density at radius 3 is 2.19 bits per heavy atom. The summed E-state index contributed by atoms with van der Waals surface area (Å²) in [5, 5.41) is 2.93. The molecule has 0 fully saturated rings. The van der Waals surface area contributed by atoms with Gasteiger partial charge in [-0.1, -0.05) is 20.3 Å². The van der Waals surface area contributed by atoms with Crippen LogP contribution in [0.15, 0.2) is 12.1 Å². The van der Waals surface area contributed by atoms with E-state index in [0.717, 1.165) is 18.4 Å². The molecule has 0 saturated carbocycles. The standard InChI is InChI=1S/C16H25NO4/c1-6-7-11(2)16(18)17-10-12-8-14(20-4)15(21-5)9-13(12)19-3/h8-9,11H,6-7,10H2,1-5H3,(H,17,18). The predicted octanol–water partition coefficient (Wildman–Crippen LogP) is 2.76. The molecular formula is C16H25NO4. The largest absolute Gasteiger partial charge is 0.496 e. The molecule has 0 aliphatic rings. The van der Waals surface area contributed by atoms with E-state index < -0.39 is 0 Å². The van der Waals surface area contributed by atoms with Crippen molar-refractivity contribution in [3.8, 4) is 17.2 Å².